The summed E-state index contributed by atoms with van der Waals surface area (Å²) in [4.78, 5) is 18.5. The first-order valence-corrected chi connectivity index (χ1v) is 12.5. The van der Waals surface area contributed by atoms with Gasteiger partial charge in [0.15, 0.2) is 0 Å². The third kappa shape index (κ3) is 3.84. The number of carbonyl (C=O) groups is 1. The van der Waals surface area contributed by atoms with Gasteiger partial charge in [-0.2, -0.15) is 0 Å². The maximum Gasteiger partial charge on any atom is 0.241 e. The molecule has 0 aliphatic carbocycles. The van der Waals surface area contributed by atoms with Crippen LogP contribution in [0.5, 0.6) is 0 Å². The van der Waals surface area contributed by atoms with Crippen LogP contribution in [0.4, 0.5) is 0 Å². The van der Waals surface area contributed by atoms with Gasteiger partial charge in [0.1, 0.15) is 0 Å². The highest BCUT2D eigenvalue weighted by molar-refractivity contribution is 7.89. The van der Waals surface area contributed by atoms with Gasteiger partial charge < -0.3 is 9.88 Å². The van der Waals surface area contributed by atoms with Crippen LogP contribution in [0.1, 0.15) is 45.5 Å². The van der Waals surface area contributed by atoms with E-state index in [-0.39, 0.29) is 18.9 Å². The normalized spacial score (nSPS) is 14.1. The SMILES string of the molecule is Cc1c(C)c(C)c(S(=O)(=O)NCCC(=O)N2CCc3[nH]c4ccccc4c3C2)c(C)c1C. The third-order valence-electron chi connectivity index (χ3n) is 7.07. The Balaban J connectivity index is 1.44. The van der Waals surface area contributed by atoms with Crippen molar-refractivity contribution in [2.24, 2.45) is 0 Å². The first kappa shape index (κ1) is 22.6. The van der Waals surface area contributed by atoms with Gasteiger partial charge in [0.25, 0.3) is 0 Å². The van der Waals surface area contributed by atoms with Gasteiger partial charge in [0.2, 0.25) is 15.9 Å². The summed E-state index contributed by atoms with van der Waals surface area (Å²) in [5, 5.41) is 1.15. The topological polar surface area (TPSA) is 82.3 Å². The molecule has 6 nitrogen and oxygen atoms in total. The lowest BCUT2D eigenvalue weighted by Crippen LogP contribution is -2.38. The Kier molecular flexibility index (Phi) is 5.90. The van der Waals surface area contributed by atoms with E-state index in [2.05, 4.69) is 15.8 Å². The second-order valence-electron chi connectivity index (χ2n) is 8.79. The van der Waals surface area contributed by atoms with E-state index in [9.17, 15) is 13.2 Å². The zero-order valence-electron chi connectivity index (χ0n) is 19.4. The van der Waals surface area contributed by atoms with Crippen LogP contribution < -0.4 is 4.72 Å². The van der Waals surface area contributed by atoms with Gasteiger partial charge in [-0.15, -0.1) is 0 Å². The summed E-state index contributed by atoms with van der Waals surface area (Å²) >= 11 is 0. The summed E-state index contributed by atoms with van der Waals surface area (Å²) < 4.78 is 28.8. The maximum absolute atomic E-state index is 13.1. The van der Waals surface area contributed by atoms with Gasteiger partial charge in [-0.05, 0) is 68.5 Å². The lowest BCUT2D eigenvalue weighted by molar-refractivity contribution is -0.131. The van der Waals surface area contributed by atoms with Crippen LogP contribution in [0.15, 0.2) is 29.2 Å². The predicted molar refractivity (Wildman–Crippen MR) is 127 cm³/mol. The van der Waals surface area contributed by atoms with Gasteiger partial charge >= 0.3 is 0 Å². The van der Waals surface area contributed by atoms with Gasteiger partial charge in [0.05, 0.1) is 4.90 Å². The van der Waals surface area contributed by atoms with Crippen LogP contribution in [0, 0.1) is 34.6 Å². The molecule has 4 rings (SSSR count). The van der Waals surface area contributed by atoms with Crippen molar-refractivity contribution in [2.45, 2.75) is 58.9 Å². The first-order valence-electron chi connectivity index (χ1n) is 11.0. The highest BCUT2D eigenvalue weighted by Crippen LogP contribution is 2.30. The van der Waals surface area contributed by atoms with Crippen molar-refractivity contribution < 1.29 is 13.2 Å². The maximum atomic E-state index is 13.1. The molecule has 3 aromatic rings. The number of nitrogens with one attached hydrogen (secondary N) is 2. The molecule has 0 atom stereocenters. The Morgan fingerprint density at radius 3 is 2.31 bits per heavy atom. The minimum absolute atomic E-state index is 0.0339. The largest absolute Gasteiger partial charge is 0.358 e. The zero-order chi connectivity index (χ0) is 23.2. The van der Waals surface area contributed by atoms with Crippen molar-refractivity contribution in [2.75, 3.05) is 13.1 Å². The molecule has 2 N–H and O–H groups in total. The van der Waals surface area contributed by atoms with Crippen LogP contribution in [0.25, 0.3) is 10.9 Å². The number of carbonyl (C=O) groups excluding carboxylic acids is 1. The number of para-hydroxylation sites is 1. The summed E-state index contributed by atoms with van der Waals surface area (Å²) in [5.41, 5.74) is 8.09. The molecule has 1 aliphatic heterocycles. The van der Waals surface area contributed by atoms with E-state index >= 15 is 0 Å². The van der Waals surface area contributed by atoms with Crippen molar-refractivity contribution >= 4 is 26.8 Å². The minimum Gasteiger partial charge on any atom is -0.358 e. The highest BCUT2D eigenvalue weighted by Gasteiger charge is 2.26. The summed E-state index contributed by atoms with van der Waals surface area (Å²) in [6, 6.07) is 8.13. The number of fused-ring (bicyclic) bond motifs is 3. The van der Waals surface area contributed by atoms with Crippen LogP contribution >= 0.6 is 0 Å². The Bertz CT molecular complexity index is 1290. The van der Waals surface area contributed by atoms with Crippen molar-refractivity contribution in [1.29, 1.82) is 0 Å². The van der Waals surface area contributed by atoms with E-state index in [1.807, 2.05) is 57.7 Å². The molecule has 1 amide bonds. The Morgan fingerprint density at radius 1 is 1.00 bits per heavy atom. The first-order chi connectivity index (χ1) is 15.1. The van der Waals surface area contributed by atoms with Gasteiger partial charge in [-0.1, -0.05) is 18.2 Å². The van der Waals surface area contributed by atoms with Crippen LogP contribution in [-0.2, 0) is 27.8 Å². The van der Waals surface area contributed by atoms with Gasteiger partial charge in [-0.25, -0.2) is 13.1 Å². The second kappa shape index (κ2) is 8.37. The number of amides is 1. The summed E-state index contributed by atoms with van der Waals surface area (Å²) in [5.74, 6) is -0.0339. The van der Waals surface area contributed by atoms with Crippen LogP contribution in [0.2, 0.25) is 0 Å². The van der Waals surface area contributed by atoms with E-state index in [0.717, 1.165) is 50.7 Å². The van der Waals surface area contributed by atoms with E-state index in [0.29, 0.717) is 18.0 Å². The molecule has 0 radical (unpaired) electrons. The molecular formula is C25H31N3O3S. The second-order valence-corrected chi connectivity index (χ2v) is 10.5. The molecule has 1 aromatic heterocycles. The van der Waals surface area contributed by atoms with Crippen molar-refractivity contribution in [3.8, 4) is 0 Å². The number of hydrogen-bond acceptors (Lipinski definition) is 3. The molecule has 7 heteroatoms. The van der Waals surface area contributed by atoms with E-state index in [1.165, 1.54) is 5.69 Å². The summed E-state index contributed by atoms with van der Waals surface area (Å²) in [6.07, 6.45) is 0.917. The summed E-state index contributed by atoms with van der Waals surface area (Å²) in [6.45, 7) is 10.9. The zero-order valence-corrected chi connectivity index (χ0v) is 20.2. The van der Waals surface area contributed by atoms with E-state index < -0.39 is 10.0 Å². The van der Waals surface area contributed by atoms with E-state index in [4.69, 9.17) is 0 Å². The monoisotopic (exact) mass is 453 g/mol. The molecule has 0 fully saturated rings. The number of aromatic nitrogens is 1. The lowest BCUT2D eigenvalue weighted by atomic mass is 9.95. The molecule has 170 valence electrons. The molecule has 0 saturated carbocycles. The molecule has 2 aromatic carbocycles. The Morgan fingerprint density at radius 2 is 1.62 bits per heavy atom. The predicted octanol–water partition coefficient (Wildman–Crippen LogP) is 3.96. The average molecular weight is 454 g/mol. The van der Waals surface area contributed by atoms with Crippen molar-refractivity contribution in [1.82, 2.24) is 14.6 Å². The number of H-pyrrole nitrogens is 1. The van der Waals surface area contributed by atoms with Crippen molar-refractivity contribution in [3.63, 3.8) is 0 Å². The van der Waals surface area contributed by atoms with Crippen LogP contribution in [-0.4, -0.2) is 37.3 Å². The Hall–Kier alpha value is -2.64. The minimum atomic E-state index is -3.70. The van der Waals surface area contributed by atoms with Crippen LogP contribution in [0.3, 0.4) is 0 Å². The molecule has 0 saturated heterocycles. The number of aromatic amines is 1. The third-order valence-corrected chi connectivity index (χ3v) is 8.80. The fraction of sp³-hybridized carbons (Fsp3) is 0.400. The molecule has 1 aliphatic rings. The number of benzene rings is 2. The average Bonchev–Trinajstić information content (AvgIpc) is 3.14. The fourth-order valence-corrected chi connectivity index (χ4v) is 6.40. The molecule has 0 spiro atoms. The molecule has 2 heterocycles. The summed E-state index contributed by atoms with van der Waals surface area (Å²) in [7, 11) is -3.70. The quantitative estimate of drug-likeness (QED) is 0.613. The molecule has 32 heavy (non-hydrogen) atoms. The highest BCUT2D eigenvalue weighted by atomic mass is 32.2. The Labute approximate surface area is 190 Å². The number of nitrogens with zero attached hydrogens (tertiary/aromatic N) is 1. The lowest BCUT2D eigenvalue weighted by Gasteiger charge is -2.27. The number of sulfonamides is 1. The number of hydrogen-bond donors (Lipinski definition) is 2. The van der Waals surface area contributed by atoms with E-state index in [1.54, 1.807) is 0 Å². The fourth-order valence-electron chi connectivity index (χ4n) is 4.77. The van der Waals surface area contributed by atoms with Gasteiger partial charge in [0, 0.05) is 54.6 Å². The standard InChI is InChI=1S/C25H31N3O3S/c1-15-16(2)18(4)25(19(5)17(15)3)32(30,31)26-12-10-24(29)28-13-11-23-21(14-28)20-8-6-7-9-22(20)27-23/h6-9,26-27H,10-14H2,1-5H3. The van der Waals surface area contributed by atoms with Gasteiger partial charge in [-0.3, -0.25) is 4.79 Å². The molecule has 0 bridgehead atoms. The smallest absolute Gasteiger partial charge is 0.241 e. The van der Waals surface area contributed by atoms with Crippen molar-refractivity contribution in [3.05, 3.63) is 63.3 Å². The molecular weight excluding hydrogens is 422 g/mol. The molecule has 0 unspecified atom stereocenters. The number of rotatable bonds is 5.